The first-order valence-corrected chi connectivity index (χ1v) is 6.55. The summed E-state index contributed by atoms with van der Waals surface area (Å²) in [6, 6.07) is 1.80. The van der Waals surface area contributed by atoms with Crippen LogP contribution in [-0.4, -0.2) is 20.6 Å². The minimum absolute atomic E-state index is 0.105. The molecule has 1 aliphatic heterocycles. The second-order valence-electron chi connectivity index (χ2n) is 5.09. The van der Waals surface area contributed by atoms with E-state index in [1.165, 1.54) is 0 Å². The van der Waals surface area contributed by atoms with Crippen LogP contribution in [0.3, 0.4) is 0 Å². The molecule has 0 radical (unpaired) electrons. The molecular formula is C13H17FN4O. The van der Waals surface area contributed by atoms with Crippen LogP contribution < -0.4 is 5.73 Å². The average molecular weight is 264 g/mol. The second-order valence-corrected chi connectivity index (χ2v) is 5.09. The van der Waals surface area contributed by atoms with Gasteiger partial charge < -0.3 is 15.0 Å². The maximum atomic E-state index is 13.3. The molecule has 19 heavy (non-hydrogen) atoms. The van der Waals surface area contributed by atoms with Gasteiger partial charge in [-0.25, -0.2) is 0 Å². The number of hydrogen-bond donors (Lipinski definition) is 1. The van der Waals surface area contributed by atoms with E-state index in [2.05, 4.69) is 23.8 Å². The predicted molar refractivity (Wildman–Crippen MR) is 69.9 cm³/mol. The first kappa shape index (κ1) is 12.3. The van der Waals surface area contributed by atoms with Crippen molar-refractivity contribution >= 4 is 16.9 Å². The first-order valence-electron chi connectivity index (χ1n) is 6.55. The van der Waals surface area contributed by atoms with E-state index in [-0.39, 0.29) is 18.1 Å². The molecule has 5 nitrogen and oxygen atoms in total. The smallest absolute Gasteiger partial charge is 0.312 e. The van der Waals surface area contributed by atoms with Gasteiger partial charge in [0.05, 0.1) is 11.5 Å². The summed E-state index contributed by atoms with van der Waals surface area (Å²) in [5, 5.41) is 0.664. The van der Waals surface area contributed by atoms with Gasteiger partial charge in [-0.3, -0.25) is 0 Å². The fourth-order valence-corrected chi connectivity index (χ4v) is 2.80. The summed E-state index contributed by atoms with van der Waals surface area (Å²) in [5.41, 5.74) is 6.20. The zero-order chi connectivity index (χ0) is 13.6. The predicted octanol–water partition coefficient (Wildman–Crippen LogP) is 2.49. The molecule has 1 fully saturated rings. The zero-order valence-electron chi connectivity index (χ0n) is 11.0. The number of halogens is 1. The molecule has 2 aromatic heterocycles. The Labute approximate surface area is 110 Å². The maximum Gasteiger partial charge on any atom is 0.312 e. The highest BCUT2D eigenvalue weighted by molar-refractivity contribution is 5.86. The third kappa shape index (κ3) is 1.96. The molecule has 102 valence electrons. The van der Waals surface area contributed by atoms with Crippen molar-refractivity contribution in [3.05, 3.63) is 18.3 Å². The molecule has 0 saturated carbocycles. The number of anilines is 1. The number of rotatable bonds is 2. The molecule has 0 amide bonds. The van der Waals surface area contributed by atoms with Crippen LogP contribution >= 0.6 is 0 Å². The number of hydrogen-bond acceptors (Lipinski definition) is 4. The average Bonchev–Trinajstić information content (AvgIpc) is 2.92. The molecule has 2 N–H and O–H groups in total. The first-order chi connectivity index (χ1) is 9.10. The number of nitrogens with zero attached hydrogens (tertiary/aromatic N) is 3. The summed E-state index contributed by atoms with van der Waals surface area (Å²) in [6.45, 7) is 4.28. The van der Waals surface area contributed by atoms with E-state index in [1.54, 1.807) is 6.07 Å². The van der Waals surface area contributed by atoms with E-state index in [9.17, 15) is 4.39 Å². The lowest BCUT2D eigenvalue weighted by atomic mass is 10.0. The summed E-state index contributed by atoms with van der Waals surface area (Å²) in [7, 11) is 0. The minimum atomic E-state index is -0.803. The number of nitrogen functional groups attached to an aromatic ring is 1. The Bertz CT molecular complexity index is 612. The zero-order valence-corrected chi connectivity index (χ0v) is 11.0. The van der Waals surface area contributed by atoms with Gasteiger partial charge in [0, 0.05) is 6.20 Å². The van der Waals surface area contributed by atoms with E-state index in [0.717, 1.165) is 12.8 Å². The van der Waals surface area contributed by atoms with Crippen LogP contribution in [0.2, 0.25) is 0 Å². The summed E-state index contributed by atoms with van der Waals surface area (Å²) >= 11 is 0. The molecule has 3 rings (SSSR count). The Morgan fingerprint density at radius 2 is 2.32 bits per heavy atom. The van der Waals surface area contributed by atoms with Crippen LogP contribution in [0.25, 0.3) is 11.0 Å². The van der Waals surface area contributed by atoms with E-state index in [1.807, 2.05) is 10.8 Å². The van der Waals surface area contributed by atoms with E-state index < -0.39 is 6.08 Å². The van der Waals surface area contributed by atoms with E-state index in [0.29, 0.717) is 17.0 Å². The van der Waals surface area contributed by atoms with Crippen LogP contribution in [0.5, 0.6) is 0 Å². The Morgan fingerprint density at radius 1 is 1.53 bits per heavy atom. The Balaban J connectivity index is 2.02. The second kappa shape index (κ2) is 4.45. The van der Waals surface area contributed by atoms with E-state index in [4.69, 9.17) is 10.5 Å². The molecule has 0 bridgehead atoms. The monoisotopic (exact) mass is 264 g/mol. The fraction of sp³-hybridized carbons (Fsp3) is 0.538. The molecule has 3 heterocycles. The van der Waals surface area contributed by atoms with Gasteiger partial charge >= 0.3 is 6.08 Å². The largest absolute Gasteiger partial charge is 0.383 e. The highest BCUT2D eigenvalue weighted by Crippen LogP contribution is 2.36. The van der Waals surface area contributed by atoms with Crippen LogP contribution in [0.15, 0.2) is 12.3 Å². The van der Waals surface area contributed by atoms with Crippen molar-refractivity contribution in [3.63, 3.8) is 0 Å². The summed E-state index contributed by atoms with van der Waals surface area (Å²) in [6.07, 6.45) is 3.04. The van der Waals surface area contributed by atoms with Crippen LogP contribution in [0.4, 0.5) is 10.2 Å². The topological polar surface area (TPSA) is 66.0 Å². The van der Waals surface area contributed by atoms with Crippen molar-refractivity contribution in [1.82, 2.24) is 14.5 Å². The lowest BCUT2D eigenvalue weighted by molar-refractivity contribution is -0.00279. The molecule has 0 unspecified atom stereocenters. The summed E-state index contributed by atoms with van der Waals surface area (Å²) < 4.78 is 21.1. The van der Waals surface area contributed by atoms with Crippen LogP contribution in [0, 0.1) is 12.0 Å². The molecule has 1 saturated heterocycles. The van der Waals surface area contributed by atoms with Crippen LogP contribution in [-0.2, 0) is 4.74 Å². The molecule has 6 heteroatoms. The van der Waals surface area contributed by atoms with Crippen molar-refractivity contribution in [1.29, 1.82) is 0 Å². The van der Waals surface area contributed by atoms with Gasteiger partial charge in [-0.1, -0.05) is 13.8 Å². The lowest BCUT2D eigenvalue weighted by Crippen LogP contribution is -2.12. The van der Waals surface area contributed by atoms with Gasteiger partial charge in [-0.05, 0) is 24.8 Å². The van der Waals surface area contributed by atoms with E-state index >= 15 is 0 Å². The number of ether oxygens (including phenoxy) is 1. The number of nitrogens with two attached hydrogens (primary N) is 1. The van der Waals surface area contributed by atoms with Crippen molar-refractivity contribution in [2.45, 2.75) is 39.0 Å². The van der Waals surface area contributed by atoms with Gasteiger partial charge in [0.25, 0.3) is 0 Å². The van der Waals surface area contributed by atoms with Crippen LogP contribution in [0.1, 0.15) is 32.9 Å². The summed E-state index contributed by atoms with van der Waals surface area (Å²) in [5.74, 6) is 0.649. The quantitative estimate of drug-likeness (QED) is 0.846. The minimum Gasteiger partial charge on any atom is -0.383 e. The number of fused-ring (bicyclic) bond motifs is 1. The van der Waals surface area contributed by atoms with Gasteiger partial charge in [0.15, 0.2) is 5.65 Å². The highest BCUT2D eigenvalue weighted by Gasteiger charge is 2.32. The Kier molecular flexibility index (Phi) is 2.89. The highest BCUT2D eigenvalue weighted by atomic mass is 19.1. The lowest BCUT2D eigenvalue weighted by Gasteiger charge is -2.15. The summed E-state index contributed by atoms with van der Waals surface area (Å²) in [4.78, 5) is 7.38. The molecule has 0 aliphatic carbocycles. The van der Waals surface area contributed by atoms with Crippen molar-refractivity contribution in [3.8, 4) is 0 Å². The molecule has 0 spiro atoms. The molecule has 1 aliphatic rings. The maximum absolute atomic E-state index is 13.3. The van der Waals surface area contributed by atoms with Crippen molar-refractivity contribution in [2.24, 2.45) is 5.92 Å². The molecular weight excluding hydrogens is 247 g/mol. The van der Waals surface area contributed by atoms with Crippen molar-refractivity contribution < 1.29 is 9.13 Å². The molecule has 0 aromatic carbocycles. The van der Waals surface area contributed by atoms with Gasteiger partial charge in [-0.2, -0.15) is 14.4 Å². The van der Waals surface area contributed by atoms with Crippen molar-refractivity contribution in [2.75, 3.05) is 5.73 Å². The van der Waals surface area contributed by atoms with Gasteiger partial charge in [-0.15, -0.1) is 0 Å². The van der Waals surface area contributed by atoms with Gasteiger partial charge in [0.2, 0.25) is 0 Å². The molecule has 3 atom stereocenters. The fourth-order valence-electron chi connectivity index (χ4n) is 2.80. The van der Waals surface area contributed by atoms with Gasteiger partial charge in [0.1, 0.15) is 12.0 Å². The third-order valence-electron chi connectivity index (χ3n) is 3.83. The Morgan fingerprint density at radius 3 is 3.00 bits per heavy atom. The SMILES string of the molecule is CC[C@H]1O[C@@H](n2ccc3c(N)nc(F)nc32)C[C@@H]1C. The third-order valence-corrected chi connectivity index (χ3v) is 3.83. The molecule has 2 aromatic rings. The Hall–Kier alpha value is -1.69. The number of aromatic nitrogens is 3. The standard InChI is InChI=1S/C13H17FN4O/c1-3-9-7(2)6-10(19-9)18-5-4-8-11(15)16-13(14)17-12(8)18/h4-5,7,9-10H,3,6H2,1-2H3,(H2,15,16,17)/t7-,9+,10+/m0/s1. The normalized spacial score (nSPS) is 27.2.